The van der Waals surface area contributed by atoms with Gasteiger partial charge >= 0.3 is 0 Å². The van der Waals surface area contributed by atoms with Crippen molar-refractivity contribution in [2.75, 3.05) is 6.54 Å². The van der Waals surface area contributed by atoms with E-state index in [1.807, 2.05) is 30.7 Å². The highest BCUT2D eigenvalue weighted by molar-refractivity contribution is 7.89. The SMILES string of the molecule is Cc1ccc(Cl)c2sc(=NC(=O)C3CCCN3S(=O)(=O)c3ccc(Cl)cc3)n(C)c12. The van der Waals surface area contributed by atoms with Crippen LogP contribution in [0.5, 0.6) is 0 Å². The van der Waals surface area contributed by atoms with Crippen LogP contribution in [0, 0.1) is 6.92 Å². The molecule has 1 unspecified atom stereocenters. The molecule has 10 heteroatoms. The first kappa shape index (κ1) is 21.5. The molecule has 2 heterocycles. The van der Waals surface area contributed by atoms with Crippen LogP contribution >= 0.6 is 34.5 Å². The van der Waals surface area contributed by atoms with Crippen molar-refractivity contribution in [3.05, 3.63) is 56.8 Å². The van der Waals surface area contributed by atoms with Gasteiger partial charge in [-0.05, 0) is 55.7 Å². The molecule has 1 saturated heterocycles. The normalized spacial score (nSPS) is 18.4. The van der Waals surface area contributed by atoms with Gasteiger partial charge in [-0.15, -0.1) is 0 Å². The number of fused-ring (bicyclic) bond motifs is 1. The maximum atomic E-state index is 13.1. The largest absolute Gasteiger partial charge is 0.319 e. The number of rotatable bonds is 3. The van der Waals surface area contributed by atoms with Crippen LogP contribution in [0.3, 0.4) is 0 Å². The molecule has 30 heavy (non-hydrogen) atoms. The van der Waals surface area contributed by atoms with E-state index in [0.717, 1.165) is 15.8 Å². The zero-order valence-electron chi connectivity index (χ0n) is 16.3. The van der Waals surface area contributed by atoms with Crippen LogP contribution in [0.25, 0.3) is 10.2 Å². The van der Waals surface area contributed by atoms with E-state index < -0.39 is 22.0 Å². The molecule has 2 aromatic carbocycles. The number of aromatic nitrogens is 1. The maximum Gasteiger partial charge on any atom is 0.266 e. The molecule has 1 fully saturated rings. The highest BCUT2D eigenvalue weighted by atomic mass is 35.5. The second-order valence-electron chi connectivity index (χ2n) is 7.16. The number of benzene rings is 2. The minimum absolute atomic E-state index is 0.112. The van der Waals surface area contributed by atoms with Crippen LogP contribution in [0.2, 0.25) is 10.0 Å². The molecule has 0 spiro atoms. The van der Waals surface area contributed by atoms with E-state index in [2.05, 4.69) is 4.99 Å². The van der Waals surface area contributed by atoms with E-state index in [4.69, 9.17) is 23.2 Å². The standard InChI is InChI=1S/C20H19Cl2N3O3S2/c1-12-5-10-15(22)18-17(12)24(2)20(29-18)23-19(26)16-4-3-11-25(16)30(27,28)14-8-6-13(21)7-9-14/h5-10,16H,3-4,11H2,1-2H3. The minimum atomic E-state index is -3.82. The van der Waals surface area contributed by atoms with Gasteiger partial charge < -0.3 is 4.57 Å². The highest BCUT2D eigenvalue weighted by Crippen LogP contribution is 2.29. The molecule has 0 radical (unpaired) electrons. The van der Waals surface area contributed by atoms with E-state index >= 15 is 0 Å². The number of sulfonamides is 1. The van der Waals surface area contributed by atoms with Crippen molar-refractivity contribution in [1.82, 2.24) is 8.87 Å². The van der Waals surface area contributed by atoms with Crippen molar-refractivity contribution in [2.45, 2.75) is 30.7 Å². The first-order valence-corrected chi connectivity index (χ1v) is 12.3. The fraction of sp³-hybridized carbons (Fsp3) is 0.300. The number of amides is 1. The molecule has 0 bridgehead atoms. The van der Waals surface area contributed by atoms with Crippen molar-refractivity contribution in [1.29, 1.82) is 0 Å². The van der Waals surface area contributed by atoms with E-state index in [9.17, 15) is 13.2 Å². The summed E-state index contributed by atoms with van der Waals surface area (Å²) in [7, 11) is -2.00. The third-order valence-electron chi connectivity index (χ3n) is 5.22. The summed E-state index contributed by atoms with van der Waals surface area (Å²) in [5, 5.41) is 1.04. The summed E-state index contributed by atoms with van der Waals surface area (Å²) in [6.07, 6.45) is 1.03. The van der Waals surface area contributed by atoms with E-state index in [1.54, 1.807) is 0 Å². The number of hydrogen-bond acceptors (Lipinski definition) is 4. The third kappa shape index (κ3) is 3.71. The number of halogens is 2. The highest BCUT2D eigenvalue weighted by Gasteiger charge is 2.39. The Bertz CT molecular complexity index is 1310. The summed E-state index contributed by atoms with van der Waals surface area (Å²) in [5.41, 5.74) is 1.94. The molecule has 4 rings (SSSR count). The van der Waals surface area contributed by atoms with Crippen molar-refractivity contribution in [3.63, 3.8) is 0 Å². The molecule has 1 atom stereocenters. The molecule has 0 N–H and O–H groups in total. The van der Waals surface area contributed by atoms with Gasteiger partial charge in [0.2, 0.25) is 10.0 Å². The first-order valence-electron chi connectivity index (χ1n) is 9.31. The number of carbonyl (C=O) groups excluding carboxylic acids is 1. The van der Waals surface area contributed by atoms with Gasteiger partial charge in [0.25, 0.3) is 5.91 Å². The lowest BCUT2D eigenvalue weighted by Gasteiger charge is -2.21. The smallest absolute Gasteiger partial charge is 0.266 e. The Morgan fingerprint density at radius 1 is 1.17 bits per heavy atom. The molecule has 0 aliphatic carbocycles. The Morgan fingerprint density at radius 2 is 1.87 bits per heavy atom. The number of carbonyl (C=O) groups is 1. The van der Waals surface area contributed by atoms with Crippen LogP contribution in [0.15, 0.2) is 46.3 Å². The van der Waals surface area contributed by atoms with Gasteiger partial charge in [0.15, 0.2) is 4.80 Å². The van der Waals surface area contributed by atoms with Gasteiger partial charge in [0, 0.05) is 18.6 Å². The van der Waals surface area contributed by atoms with Crippen LogP contribution in [0.1, 0.15) is 18.4 Å². The summed E-state index contributed by atoms with van der Waals surface area (Å²) >= 11 is 13.5. The van der Waals surface area contributed by atoms with Crippen LogP contribution in [0.4, 0.5) is 0 Å². The van der Waals surface area contributed by atoms with Gasteiger partial charge in [-0.2, -0.15) is 9.30 Å². The molecule has 1 aliphatic rings. The molecule has 158 valence electrons. The molecular formula is C20H19Cl2N3O3S2. The van der Waals surface area contributed by atoms with Crippen LogP contribution < -0.4 is 4.80 Å². The molecule has 1 aromatic heterocycles. The summed E-state index contributed by atoms with van der Waals surface area (Å²) in [6, 6.07) is 8.85. The van der Waals surface area contributed by atoms with Gasteiger partial charge in [-0.1, -0.05) is 40.6 Å². The molecule has 1 amide bonds. The zero-order chi connectivity index (χ0) is 21.6. The second-order valence-corrected chi connectivity index (χ2v) is 10.9. The van der Waals surface area contributed by atoms with E-state index in [1.165, 1.54) is 39.9 Å². The maximum absolute atomic E-state index is 13.1. The Kier molecular flexibility index (Phi) is 5.80. The van der Waals surface area contributed by atoms with Gasteiger partial charge in [0.05, 0.1) is 20.1 Å². The first-order chi connectivity index (χ1) is 14.2. The van der Waals surface area contributed by atoms with Crippen molar-refractivity contribution in [2.24, 2.45) is 12.0 Å². The van der Waals surface area contributed by atoms with E-state index in [0.29, 0.717) is 27.7 Å². The quantitative estimate of drug-likeness (QED) is 0.561. The summed E-state index contributed by atoms with van der Waals surface area (Å²) in [6.45, 7) is 2.24. The molecular weight excluding hydrogens is 465 g/mol. The lowest BCUT2D eigenvalue weighted by molar-refractivity contribution is -0.121. The number of thiazole rings is 1. The van der Waals surface area contributed by atoms with Crippen molar-refractivity contribution in [3.8, 4) is 0 Å². The minimum Gasteiger partial charge on any atom is -0.319 e. The molecule has 3 aromatic rings. The second kappa shape index (κ2) is 8.09. The van der Waals surface area contributed by atoms with Gasteiger partial charge in [-0.25, -0.2) is 8.42 Å². The summed E-state index contributed by atoms with van der Waals surface area (Å²) in [5.74, 6) is -0.471. The van der Waals surface area contributed by atoms with Gasteiger partial charge in [0.1, 0.15) is 6.04 Å². The summed E-state index contributed by atoms with van der Waals surface area (Å²) in [4.78, 5) is 17.9. The predicted octanol–water partition coefficient (Wildman–Crippen LogP) is 4.14. The Balaban J connectivity index is 1.72. The fourth-order valence-corrected chi connectivity index (χ4v) is 6.85. The Hall–Kier alpha value is -1.71. The monoisotopic (exact) mass is 483 g/mol. The average molecular weight is 484 g/mol. The number of hydrogen-bond donors (Lipinski definition) is 0. The lowest BCUT2D eigenvalue weighted by atomic mass is 10.2. The zero-order valence-corrected chi connectivity index (χ0v) is 19.4. The van der Waals surface area contributed by atoms with E-state index in [-0.39, 0.29) is 11.4 Å². The number of aryl methyl sites for hydroxylation is 2. The predicted molar refractivity (Wildman–Crippen MR) is 119 cm³/mol. The Morgan fingerprint density at radius 3 is 2.53 bits per heavy atom. The lowest BCUT2D eigenvalue weighted by Crippen LogP contribution is -2.40. The van der Waals surface area contributed by atoms with Crippen molar-refractivity contribution < 1.29 is 13.2 Å². The van der Waals surface area contributed by atoms with Crippen molar-refractivity contribution >= 4 is 60.7 Å². The molecule has 0 saturated carbocycles. The average Bonchev–Trinajstić information content (AvgIpc) is 3.32. The molecule has 1 aliphatic heterocycles. The number of nitrogens with zero attached hydrogens (tertiary/aromatic N) is 3. The van der Waals surface area contributed by atoms with Crippen LogP contribution in [-0.4, -0.2) is 35.8 Å². The summed E-state index contributed by atoms with van der Waals surface area (Å²) < 4.78 is 30.1. The topological polar surface area (TPSA) is 71.7 Å². The molecule has 6 nitrogen and oxygen atoms in total. The Labute approximate surface area is 188 Å². The third-order valence-corrected chi connectivity index (χ3v) is 8.98. The fourth-order valence-electron chi connectivity index (χ4n) is 3.70. The van der Waals surface area contributed by atoms with Gasteiger partial charge in [-0.3, -0.25) is 4.79 Å². The van der Waals surface area contributed by atoms with Crippen LogP contribution in [-0.2, 0) is 21.9 Å².